The minimum Gasteiger partial charge on any atom is -0.316 e. The van der Waals surface area contributed by atoms with Crippen molar-refractivity contribution in [2.75, 3.05) is 13.6 Å². The number of nitrogens with one attached hydrogen (secondary N) is 1. The zero-order chi connectivity index (χ0) is 12.0. The lowest BCUT2D eigenvalue weighted by atomic mass is 10.00. The van der Waals surface area contributed by atoms with Gasteiger partial charge in [-0.1, -0.05) is 36.4 Å². The molecule has 0 radical (unpaired) electrons. The summed E-state index contributed by atoms with van der Waals surface area (Å²) in [5, 5.41) is 3.18. The predicted molar refractivity (Wildman–Crippen MR) is 72.5 cm³/mol. The van der Waals surface area contributed by atoms with Gasteiger partial charge >= 0.3 is 0 Å². The molecule has 0 saturated heterocycles. The molecule has 86 valence electrons. The summed E-state index contributed by atoms with van der Waals surface area (Å²) in [4.78, 5) is 0. The average Bonchev–Trinajstić information content (AvgIpc) is 2.28. The first-order valence-electron chi connectivity index (χ1n) is 5.73. The van der Waals surface area contributed by atoms with Gasteiger partial charge in [0.1, 0.15) is 0 Å². The van der Waals surface area contributed by atoms with Crippen molar-refractivity contribution in [2.24, 2.45) is 0 Å². The highest BCUT2D eigenvalue weighted by Crippen LogP contribution is 2.19. The second kappa shape index (κ2) is 6.29. The van der Waals surface area contributed by atoms with Gasteiger partial charge in [-0.15, -0.1) is 0 Å². The minimum atomic E-state index is 0.916. The number of hydrogen-bond acceptors (Lipinski definition) is 1. The maximum atomic E-state index is 3.18. The smallest absolute Gasteiger partial charge is 0.0199 e. The summed E-state index contributed by atoms with van der Waals surface area (Å²) < 4.78 is 0. The van der Waals surface area contributed by atoms with Crippen molar-refractivity contribution in [1.29, 1.82) is 0 Å². The third-order valence-electron chi connectivity index (χ3n) is 2.72. The van der Waals surface area contributed by atoms with E-state index in [9.17, 15) is 0 Å². The maximum Gasteiger partial charge on any atom is 0.0199 e. The number of hydrogen-bond donors (Lipinski definition) is 1. The van der Waals surface area contributed by atoms with Gasteiger partial charge in [-0.25, -0.2) is 0 Å². The molecule has 0 saturated carbocycles. The summed E-state index contributed by atoms with van der Waals surface area (Å²) in [7, 11) is 1.97. The van der Waals surface area contributed by atoms with Crippen molar-refractivity contribution in [1.82, 2.24) is 5.32 Å². The molecule has 0 amide bonds. The van der Waals surface area contributed by atoms with Gasteiger partial charge in [-0.3, -0.25) is 0 Å². The topological polar surface area (TPSA) is 12.0 Å². The van der Waals surface area contributed by atoms with Crippen LogP contribution in [0.2, 0.25) is 0 Å². The fourth-order valence-electron chi connectivity index (χ4n) is 1.81. The van der Waals surface area contributed by atoms with Crippen molar-refractivity contribution in [2.45, 2.75) is 20.8 Å². The highest BCUT2D eigenvalue weighted by atomic mass is 14.8. The van der Waals surface area contributed by atoms with Crippen LogP contribution in [0.3, 0.4) is 0 Å². The summed E-state index contributed by atoms with van der Waals surface area (Å²) in [6.07, 6.45) is 4.40. The molecule has 0 aliphatic heterocycles. The van der Waals surface area contributed by atoms with Crippen molar-refractivity contribution >= 4 is 5.57 Å². The van der Waals surface area contributed by atoms with E-state index in [0.717, 1.165) is 6.54 Å². The lowest BCUT2D eigenvalue weighted by Crippen LogP contribution is -2.09. The highest BCUT2D eigenvalue weighted by molar-refractivity contribution is 5.68. The summed E-state index contributed by atoms with van der Waals surface area (Å²) in [5.74, 6) is 0. The Balaban J connectivity index is 2.97. The first kappa shape index (κ1) is 12.7. The van der Waals surface area contributed by atoms with E-state index in [1.807, 2.05) is 7.05 Å². The van der Waals surface area contributed by atoms with Gasteiger partial charge in [0, 0.05) is 6.54 Å². The monoisotopic (exact) mass is 215 g/mol. The Kier molecular flexibility index (Phi) is 5.00. The van der Waals surface area contributed by atoms with Gasteiger partial charge in [-0.05, 0) is 50.1 Å². The van der Waals surface area contributed by atoms with Gasteiger partial charge in [0.2, 0.25) is 0 Å². The minimum absolute atomic E-state index is 0.916. The first-order chi connectivity index (χ1) is 7.69. The Morgan fingerprint density at radius 1 is 1.31 bits per heavy atom. The van der Waals surface area contributed by atoms with Crippen molar-refractivity contribution in [3.63, 3.8) is 0 Å². The van der Waals surface area contributed by atoms with Crippen molar-refractivity contribution in [3.8, 4) is 0 Å². The van der Waals surface area contributed by atoms with E-state index in [2.05, 4.69) is 62.5 Å². The van der Waals surface area contributed by atoms with Gasteiger partial charge in [-0.2, -0.15) is 0 Å². The molecule has 0 unspecified atom stereocenters. The maximum absolute atomic E-state index is 3.18. The quantitative estimate of drug-likeness (QED) is 0.757. The van der Waals surface area contributed by atoms with E-state index >= 15 is 0 Å². The number of rotatable bonds is 4. The number of benzene rings is 1. The molecule has 1 nitrogen and oxygen atoms in total. The Bertz CT molecular complexity index is 400. The van der Waals surface area contributed by atoms with Gasteiger partial charge in [0.15, 0.2) is 0 Å². The van der Waals surface area contributed by atoms with Crippen LogP contribution in [0.1, 0.15) is 25.0 Å². The predicted octanol–water partition coefficient (Wildman–Crippen LogP) is 3.56. The van der Waals surface area contributed by atoms with Gasteiger partial charge in [0.25, 0.3) is 0 Å². The standard InChI is InChI=1S/C15H21N/c1-5-14(11-16-4)10-13(3)15-9-7-6-8-12(15)2/h5-10,16H,11H2,1-4H3/b13-10+,14-5+. The van der Waals surface area contributed by atoms with Crippen LogP contribution in [0.4, 0.5) is 0 Å². The molecular weight excluding hydrogens is 194 g/mol. The van der Waals surface area contributed by atoms with Crippen LogP contribution in [0, 0.1) is 6.92 Å². The zero-order valence-corrected chi connectivity index (χ0v) is 10.7. The number of aryl methyl sites for hydroxylation is 1. The molecule has 0 fully saturated rings. The van der Waals surface area contributed by atoms with E-state index in [1.165, 1.54) is 22.3 Å². The lowest BCUT2D eigenvalue weighted by Gasteiger charge is -2.07. The van der Waals surface area contributed by atoms with Crippen LogP contribution < -0.4 is 5.32 Å². The summed E-state index contributed by atoms with van der Waals surface area (Å²) in [5.41, 5.74) is 5.30. The molecule has 1 heteroatoms. The fraction of sp³-hybridized carbons (Fsp3) is 0.333. The normalized spacial score (nSPS) is 13.0. The summed E-state index contributed by atoms with van der Waals surface area (Å²) in [6, 6.07) is 8.50. The van der Waals surface area contributed by atoms with Gasteiger partial charge < -0.3 is 5.32 Å². The molecule has 0 aliphatic carbocycles. The van der Waals surface area contributed by atoms with E-state index in [4.69, 9.17) is 0 Å². The average molecular weight is 215 g/mol. The molecule has 0 spiro atoms. The molecule has 1 N–H and O–H groups in total. The molecular formula is C15H21N. The first-order valence-corrected chi connectivity index (χ1v) is 5.73. The molecule has 0 aromatic heterocycles. The largest absolute Gasteiger partial charge is 0.316 e. The lowest BCUT2D eigenvalue weighted by molar-refractivity contribution is 0.894. The van der Waals surface area contributed by atoms with Crippen LogP contribution in [0.25, 0.3) is 5.57 Å². The zero-order valence-electron chi connectivity index (χ0n) is 10.7. The molecule has 1 aromatic rings. The highest BCUT2D eigenvalue weighted by Gasteiger charge is 1.99. The third kappa shape index (κ3) is 3.35. The third-order valence-corrected chi connectivity index (χ3v) is 2.72. The Hall–Kier alpha value is -1.34. The molecule has 0 atom stereocenters. The van der Waals surface area contributed by atoms with E-state index in [-0.39, 0.29) is 0 Å². The van der Waals surface area contributed by atoms with Gasteiger partial charge in [0.05, 0.1) is 0 Å². The fourth-order valence-corrected chi connectivity index (χ4v) is 1.81. The number of likely N-dealkylation sites (N-methyl/N-ethyl adjacent to an activating group) is 1. The van der Waals surface area contributed by atoms with Crippen LogP contribution in [-0.4, -0.2) is 13.6 Å². The Labute approximate surface area is 98.9 Å². The molecule has 16 heavy (non-hydrogen) atoms. The van der Waals surface area contributed by atoms with Crippen LogP contribution in [0.5, 0.6) is 0 Å². The van der Waals surface area contributed by atoms with E-state index in [1.54, 1.807) is 0 Å². The molecule has 0 aliphatic rings. The van der Waals surface area contributed by atoms with Crippen molar-refractivity contribution < 1.29 is 0 Å². The SMILES string of the molecule is C/C=C(\C=C(/C)c1ccccc1C)CNC. The summed E-state index contributed by atoms with van der Waals surface area (Å²) in [6.45, 7) is 7.32. The Morgan fingerprint density at radius 2 is 2.00 bits per heavy atom. The number of allylic oxidation sites excluding steroid dienone is 2. The van der Waals surface area contributed by atoms with E-state index in [0.29, 0.717) is 0 Å². The summed E-state index contributed by atoms with van der Waals surface area (Å²) >= 11 is 0. The second-order valence-electron chi connectivity index (χ2n) is 4.04. The second-order valence-corrected chi connectivity index (χ2v) is 4.04. The molecule has 0 bridgehead atoms. The molecule has 0 heterocycles. The molecule has 1 rings (SSSR count). The Morgan fingerprint density at radius 3 is 2.56 bits per heavy atom. The molecule has 1 aromatic carbocycles. The van der Waals surface area contributed by atoms with Crippen LogP contribution >= 0.6 is 0 Å². The van der Waals surface area contributed by atoms with Crippen LogP contribution in [0.15, 0.2) is 42.0 Å². The van der Waals surface area contributed by atoms with Crippen molar-refractivity contribution in [3.05, 3.63) is 53.1 Å². The van der Waals surface area contributed by atoms with Crippen LogP contribution in [-0.2, 0) is 0 Å². The van der Waals surface area contributed by atoms with E-state index < -0.39 is 0 Å².